The van der Waals surface area contributed by atoms with Crippen molar-refractivity contribution in [3.63, 3.8) is 0 Å². The number of anilines is 1. The first-order valence-electron chi connectivity index (χ1n) is 5.43. The number of carboxylic acids is 1. The summed E-state index contributed by atoms with van der Waals surface area (Å²) in [6, 6.07) is 1.74. The lowest BCUT2D eigenvalue weighted by atomic mass is 10.3. The highest BCUT2D eigenvalue weighted by atomic mass is 32.2. The van der Waals surface area contributed by atoms with E-state index in [1.807, 2.05) is 25.9 Å². The molecule has 0 aliphatic heterocycles. The van der Waals surface area contributed by atoms with Gasteiger partial charge in [-0.2, -0.15) is 0 Å². The van der Waals surface area contributed by atoms with Crippen LogP contribution in [0.4, 0.5) is 5.13 Å². The predicted molar refractivity (Wildman–Crippen MR) is 79.8 cm³/mol. The van der Waals surface area contributed by atoms with Crippen LogP contribution < -0.4 is 4.90 Å². The molecule has 2 heterocycles. The summed E-state index contributed by atoms with van der Waals surface area (Å²) in [4.78, 5) is 14.2. The molecule has 0 unspecified atom stereocenters. The van der Waals surface area contributed by atoms with Gasteiger partial charge in [-0.25, -0.2) is 4.79 Å². The van der Waals surface area contributed by atoms with Gasteiger partial charge in [0.2, 0.25) is 5.13 Å². The fourth-order valence-corrected chi connectivity index (χ4v) is 4.14. The van der Waals surface area contributed by atoms with Gasteiger partial charge in [0.15, 0.2) is 4.34 Å². The first-order valence-corrected chi connectivity index (χ1v) is 8.05. The Labute approximate surface area is 123 Å². The Kier molecular flexibility index (Phi) is 4.43. The van der Waals surface area contributed by atoms with E-state index in [4.69, 9.17) is 5.11 Å². The maximum atomic E-state index is 10.9. The Hall–Kier alpha value is -1.12. The van der Waals surface area contributed by atoms with Gasteiger partial charge in [-0.1, -0.05) is 23.1 Å². The second kappa shape index (κ2) is 5.89. The second-order valence-corrected chi connectivity index (χ2v) is 7.47. The molecular weight excluding hydrogens is 302 g/mol. The van der Waals surface area contributed by atoms with E-state index in [1.54, 1.807) is 17.8 Å². The van der Waals surface area contributed by atoms with Crippen LogP contribution in [0.25, 0.3) is 0 Å². The predicted octanol–water partition coefficient (Wildman–Crippen LogP) is 2.96. The van der Waals surface area contributed by atoms with Crippen LogP contribution in [0.1, 0.15) is 20.1 Å². The lowest BCUT2D eigenvalue weighted by Gasteiger charge is -2.03. The summed E-state index contributed by atoms with van der Waals surface area (Å²) >= 11 is 4.43. The minimum absolute atomic E-state index is 0.388. The topological polar surface area (TPSA) is 66.3 Å². The lowest BCUT2D eigenvalue weighted by molar-refractivity contribution is 0.0702. The number of carboxylic acid groups (broad SMARTS) is 1. The van der Waals surface area contributed by atoms with Crippen LogP contribution in [0.5, 0.6) is 0 Å². The number of aromatic nitrogens is 2. The van der Waals surface area contributed by atoms with Gasteiger partial charge in [0, 0.05) is 24.7 Å². The molecule has 0 radical (unpaired) electrons. The van der Waals surface area contributed by atoms with Gasteiger partial charge in [-0.15, -0.1) is 21.5 Å². The summed E-state index contributed by atoms with van der Waals surface area (Å²) < 4.78 is 0.895. The molecule has 0 aliphatic rings. The maximum Gasteiger partial charge on any atom is 0.345 e. The number of thiophene rings is 1. The largest absolute Gasteiger partial charge is 0.477 e. The summed E-state index contributed by atoms with van der Waals surface area (Å²) in [5.74, 6) is -0.146. The molecule has 0 saturated heterocycles. The zero-order chi connectivity index (χ0) is 14.0. The van der Waals surface area contributed by atoms with Gasteiger partial charge in [-0.3, -0.25) is 0 Å². The molecule has 1 N–H and O–H groups in total. The fraction of sp³-hybridized carbons (Fsp3) is 0.364. The van der Waals surface area contributed by atoms with E-state index in [2.05, 4.69) is 10.2 Å². The average molecular weight is 315 g/mol. The highest BCUT2D eigenvalue weighted by Crippen LogP contribution is 2.32. The van der Waals surface area contributed by atoms with Gasteiger partial charge in [0.25, 0.3) is 0 Å². The lowest BCUT2D eigenvalue weighted by Crippen LogP contribution is -2.07. The van der Waals surface area contributed by atoms with E-state index in [0.29, 0.717) is 4.88 Å². The van der Waals surface area contributed by atoms with Gasteiger partial charge in [-0.05, 0) is 18.6 Å². The van der Waals surface area contributed by atoms with E-state index < -0.39 is 5.97 Å². The average Bonchev–Trinajstić information content (AvgIpc) is 2.93. The maximum absolute atomic E-state index is 10.9. The molecule has 0 aromatic carbocycles. The summed E-state index contributed by atoms with van der Waals surface area (Å²) in [5.41, 5.74) is 1.05. The number of nitrogens with zero attached hydrogens (tertiary/aromatic N) is 3. The van der Waals surface area contributed by atoms with Crippen molar-refractivity contribution in [1.29, 1.82) is 0 Å². The smallest absolute Gasteiger partial charge is 0.345 e. The highest BCUT2D eigenvalue weighted by molar-refractivity contribution is 8.00. The van der Waals surface area contributed by atoms with Crippen molar-refractivity contribution >= 4 is 45.5 Å². The molecule has 0 amide bonds. The Morgan fingerprint density at radius 1 is 1.42 bits per heavy atom. The van der Waals surface area contributed by atoms with Crippen molar-refractivity contribution in [2.24, 2.45) is 0 Å². The molecule has 2 aromatic rings. The molecule has 19 heavy (non-hydrogen) atoms. The summed E-state index contributed by atoms with van der Waals surface area (Å²) in [7, 11) is 3.86. The normalized spacial score (nSPS) is 10.7. The molecule has 0 saturated carbocycles. The SMILES string of the molecule is Cc1sc(C(=O)O)cc1CSc1nnc(N(C)C)s1. The van der Waals surface area contributed by atoms with Crippen LogP contribution in [0.2, 0.25) is 0 Å². The third kappa shape index (κ3) is 3.46. The van der Waals surface area contributed by atoms with Gasteiger partial charge in [0.05, 0.1) is 0 Å². The summed E-state index contributed by atoms with van der Waals surface area (Å²) in [5, 5.41) is 18.0. The molecule has 2 rings (SSSR count). The van der Waals surface area contributed by atoms with E-state index in [-0.39, 0.29) is 0 Å². The molecule has 8 heteroatoms. The Balaban J connectivity index is 2.03. The number of thioether (sulfide) groups is 1. The fourth-order valence-electron chi connectivity index (χ4n) is 1.35. The van der Waals surface area contributed by atoms with Gasteiger partial charge >= 0.3 is 5.97 Å². The van der Waals surface area contributed by atoms with Crippen molar-refractivity contribution in [2.45, 2.75) is 17.0 Å². The molecule has 0 atom stereocenters. The van der Waals surface area contributed by atoms with Crippen LogP contribution in [0.15, 0.2) is 10.4 Å². The number of hydrogen-bond acceptors (Lipinski definition) is 7. The van der Waals surface area contributed by atoms with Crippen molar-refractivity contribution in [2.75, 3.05) is 19.0 Å². The third-order valence-corrected chi connectivity index (χ3v) is 5.71. The highest BCUT2D eigenvalue weighted by Gasteiger charge is 2.12. The van der Waals surface area contributed by atoms with Crippen LogP contribution in [0, 0.1) is 6.92 Å². The van der Waals surface area contributed by atoms with E-state index >= 15 is 0 Å². The third-order valence-electron chi connectivity index (χ3n) is 2.36. The molecule has 5 nitrogen and oxygen atoms in total. The summed E-state index contributed by atoms with van der Waals surface area (Å²) in [6.07, 6.45) is 0. The van der Waals surface area contributed by atoms with Crippen LogP contribution >= 0.6 is 34.4 Å². The van der Waals surface area contributed by atoms with Crippen LogP contribution in [-0.2, 0) is 5.75 Å². The van der Waals surface area contributed by atoms with Crippen molar-refractivity contribution in [3.8, 4) is 0 Å². The van der Waals surface area contributed by atoms with E-state index in [1.165, 1.54) is 22.7 Å². The first-order chi connectivity index (χ1) is 8.97. The minimum Gasteiger partial charge on any atom is -0.477 e. The molecule has 0 fully saturated rings. The monoisotopic (exact) mass is 315 g/mol. The molecule has 102 valence electrons. The van der Waals surface area contributed by atoms with Crippen molar-refractivity contribution < 1.29 is 9.90 Å². The zero-order valence-electron chi connectivity index (χ0n) is 10.7. The Morgan fingerprint density at radius 2 is 2.16 bits per heavy atom. The number of rotatable bonds is 5. The second-order valence-electron chi connectivity index (χ2n) is 4.03. The van der Waals surface area contributed by atoms with Crippen molar-refractivity contribution in [3.05, 3.63) is 21.4 Å². The number of aromatic carboxylic acids is 1. The zero-order valence-corrected chi connectivity index (χ0v) is 13.2. The molecule has 0 spiro atoms. The van der Waals surface area contributed by atoms with Crippen LogP contribution in [-0.4, -0.2) is 35.4 Å². The summed E-state index contributed by atoms with van der Waals surface area (Å²) in [6.45, 7) is 1.94. The van der Waals surface area contributed by atoms with Gasteiger partial charge in [0.1, 0.15) is 4.88 Å². The number of carbonyl (C=O) groups is 1. The molecule has 2 aromatic heterocycles. The van der Waals surface area contributed by atoms with E-state index in [0.717, 1.165) is 25.7 Å². The molecule has 0 aliphatic carbocycles. The van der Waals surface area contributed by atoms with Crippen molar-refractivity contribution in [1.82, 2.24) is 10.2 Å². The van der Waals surface area contributed by atoms with Gasteiger partial charge < -0.3 is 10.0 Å². The number of aryl methyl sites for hydroxylation is 1. The molecule has 0 bridgehead atoms. The minimum atomic E-state index is -0.866. The van der Waals surface area contributed by atoms with E-state index in [9.17, 15) is 4.79 Å². The Bertz CT molecular complexity index is 592. The first kappa shape index (κ1) is 14.3. The van der Waals surface area contributed by atoms with Crippen LogP contribution in [0.3, 0.4) is 0 Å². The Morgan fingerprint density at radius 3 is 2.68 bits per heavy atom. The quantitative estimate of drug-likeness (QED) is 0.856. The molecular formula is C11H13N3O2S3. The standard InChI is InChI=1S/C11H13N3O2S3/c1-6-7(4-8(18-6)9(15)16)5-17-11-13-12-10(19-11)14(2)3/h4H,5H2,1-3H3,(H,15,16). The number of hydrogen-bond donors (Lipinski definition) is 1.